The molecule has 3 unspecified atom stereocenters. The molecule has 17 heavy (non-hydrogen) atoms. The van der Waals surface area contributed by atoms with Gasteiger partial charge in [0.2, 0.25) is 11.8 Å². The van der Waals surface area contributed by atoms with E-state index in [0.29, 0.717) is 24.9 Å². The zero-order valence-corrected chi connectivity index (χ0v) is 9.95. The van der Waals surface area contributed by atoms with Gasteiger partial charge in [-0.15, -0.1) is 0 Å². The highest BCUT2D eigenvalue weighted by molar-refractivity contribution is 5.89. The van der Waals surface area contributed by atoms with E-state index < -0.39 is 0 Å². The molecule has 0 aromatic heterocycles. The second-order valence-electron chi connectivity index (χ2n) is 5.39. The molecule has 0 bridgehead atoms. The number of nitrogens with zero attached hydrogens (tertiary/aromatic N) is 1. The van der Waals surface area contributed by atoms with Gasteiger partial charge in [0, 0.05) is 32.1 Å². The summed E-state index contributed by atoms with van der Waals surface area (Å²) < 4.78 is 0. The molecule has 3 saturated heterocycles. The van der Waals surface area contributed by atoms with Crippen LogP contribution in [-0.4, -0.2) is 48.9 Å². The summed E-state index contributed by atoms with van der Waals surface area (Å²) in [6, 6.07) is 0.613. The molecule has 0 spiro atoms. The Morgan fingerprint density at radius 2 is 2.24 bits per heavy atom. The first kappa shape index (κ1) is 11.0. The first-order valence-corrected chi connectivity index (χ1v) is 6.53. The predicted octanol–water partition coefficient (Wildman–Crippen LogP) is -0.667. The molecule has 0 aromatic rings. The van der Waals surface area contributed by atoms with Gasteiger partial charge in [0.1, 0.15) is 0 Å². The Hall–Kier alpha value is -1.10. The Labute approximate surface area is 101 Å². The van der Waals surface area contributed by atoms with Crippen molar-refractivity contribution in [2.24, 2.45) is 11.8 Å². The molecule has 2 amide bonds. The molecule has 0 aromatic carbocycles. The minimum Gasteiger partial charge on any atom is -0.355 e. The van der Waals surface area contributed by atoms with Crippen molar-refractivity contribution in [3.63, 3.8) is 0 Å². The summed E-state index contributed by atoms with van der Waals surface area (Å²) in [5.74, 6) is 0.695. The monoisotopic (exact) mass is 237 g/mol. The fourth-order valence-electron chi connectivity index (χ4n) is 3.29. The summed E-state index contributed by atoms with van der Waals surface area (Å²) in [5.41, 5.74) is 0. The van der Waals surface area contributed by atoms with Gasteiger partial charge < -0.3 is 15.5 Å². The summed E-state index contributed by atoms with van der Waals surface area (Å²) in [6.07, 6.45) is 2.61. The maximum atomic E-state index is 12.2. The third kappa shape index (κ3) is 2.04. The van der Waals surface area contributed by atoms with Crippen molar-refractivity contribution >= 4 is 11.8 Å². The Morgan fingerprint density at radius 1 is 1.35 bits per heavy atom. The Balaban J connectivity index is 1.61. The van der Waals surface area contributed by atoms with Crippen LogP contribution in [0.3, 0.4) is 0 Å². The molecule has 0 aliphatic carbocycles. The zero-order valence-electron chi connectivity index (χ0n) is 9.95. The van der Waals surface area contributed by atoms with E-state index in [4.69, 9.17) is 0 Å². The van der Waals surface area contributed by atoms with Gasteiger partial charge in [-0.05, 0) is 25.3 Å². The quantitative estimate of drug-likeness (QED) is 0.636. The van der Waals surface area contributed by atoms with Crippen molar-refractivity contribution in [3.8, 4) is 0 Å². The fourth-order valence-corrected chi connectivity index (χ4v) is 3.29. The van der Waals surface area contributed by atoms with Crippen LogP contribution in [0, 0.1) is 11.8 Å². The molecule has 3 heterocycles. The number of nitrogens with one attached hydrogen (secondary N) is 2. The van der Waals surface area contributed by atoms with E-state index >= 15 is 0 Å². The van der Waals surface area contributed by atoms with Crippen molar-refractivity contribution in [2.75, 3.05) is 26.2 Å². The van der Waals surface area contributed by atoms with Gasteiger partial charge in [0.15, 0.2) is 0 Å². The van der Waals surface area contributed by atoms with E-state index in [2.05, 4.69) is 10.6 Å². The lowest BCUT2D eigenvalue weighted by molar-refractivity contribution is -0.137. The van der Waals surface area contributed by atoms with Gasteiger partial charge in [-0.2, -0.15) is 0 Å². The SMILES string of the molecule is O=C1CC(C(=O)N2CCC3NCCC3C2)CN1. The van der Waals surface area contributed by atoms with Crippen molar-refractivity contribution in [1.82, 2.24) is 15.5 Å². The van der Waals surface area contributed by atoms with Crippen molar-refractivity contribution in [2.45, 2.75) is 25.3 Å². The van der Waals surface area contributed by atoms with E-state index in [1.165, 1.54) is 6.42 Å². The predicted molar refractivity (Wildman–Crippen MR) is 62.2 cm³/mol. The lowest BCUT2D eigenvalue weighted by Gasteiger charge is -2.36. The van der Waals surface area contributed by atoms with Gasteiger partial charge in [-0.1, -0.05) is 0 Å². The minimum atomic E-state index is -0.117. The van der Waals surface area contributed by atoms with Crippen LogP contribution in [0.1, 0.15) is 19.3 Å². The van der Waals surface area contributed by atoms with Crippen LogP contribution in [-0.2, 0) is 9.59 Å². The lowest BCUT2D eigenvalue weighted by atomic mass is 9.92. The Morgan fingerprint density at radius 3 is 3.00 bits per heavy atom. The second kappa shape index (κ2) is 4.29. The van der Waals surface area contributed by atoms with Crippen LogP contribution < -0.4 is 10.6 Å². The molecule has 3 aliphatic heterocycles. The summed E-state index contributed by atoms with van der Waals surface area (Å²) >= 11 is 0. The Kier molecular flexibility index (Phi) is 2.78. The third-order valence-electron chi connectivity index (χ3n) is 4.29. The largest absolute Gasteiger partial charge is 0.355 e. The summed E-state index contributed by atoms with van der Waals surface area (Å²) in [5, 5.41) is 6.23. The molecule has 5 heteroatoms. The molecule has 0 saturated carbocycles. The van der Waals surface area contributed by atoms with Crippen molar-refractivity contribution in [3.05, 3.63) is 0 Å². The van der Waals surface area contributed by atoms with Crippen LogP contribution in [0.2, 0.25) is 0 Å². The topological polar surface area (TPSA) is 61.4 Å². The number of likely N-dealkylation sites (tertiary alicyclic amines) is 1. The van der Waals surface area contributed by atoms with Crippen LogP contribution in [0.5, 0.6) is 0 Å². The van der Waals surface area contributed by atoms with Gasteiger partial charge in [-0.25, -0.2) is 0 Å². The molecule has 5 nitrogen and oxygen atoms in total. The van der Waals surface area contributed by atoms with Crippen LogP contribution in [0.15, 0.2) is 0 Å². The molecule has 3 rings (SSSR count). The van der Waals surface area contributed by atoms with Gasteiger partial charge >= 0.3 is 0 Å². The molecule has 3 atom stereocenters. The van der Waals surface area contributed by atoms with Crippen molar-refractivity contribution < 1.29 is 9.59 Å². The molecule has 94 valence electrons. The summed E-state index contributed by atoms with van der Waals surface area (Å²) in [4.78, 5) is 25.4. The lowest BCUT2D eigenvalue weighted by Crippen LogP contribution is -2.48. The summed E-state index contributed by atoms with van der Waals surface area (Å²) in [7, 11) is 0. The molecule has 3 fully saturated rings. The van der Waals surface area contributed by atoms with Crippen LogP contribution >= 0.6 is 0 Å². The highest BCUT2D eigenvalue weighted by Crippen LogP contribution is 2.26. The average Bonchev–Trinajstić information content (AvgIpc) is 2.95. The average molecular weight is 237 g/mol. The normalized spacial score (nSPS) is 36.8. The van der Waals surface area contributed by atoms with E-state index in [-0.39, 0.29) is 17.7 Å². The maximum Gasteiger partial charge on any atom is 0.227 e. The zero-order chi connectivity index (χ0) is 11.8. The number of fused-ring (bicyclic) bond motifs is 1. The number of piperidine rings is 1. The van der Waals surface area contributed by atoms with E-state index in [1.807, 2.05) is 4.90 Å². The van der Waals surface area contributed by atoms with E-state index in [9.17, 15) is 9.59 Å². The number of carbonyl (C=O) groups excluding carboxylic acids is 2. The molecular weight excluding hydrogens is 218 g/mol. The number of hydrogen-bond donors (Lipinski definition) is 2. The summed E-state index contributed by atoms with van der Waals surface area (Å²) in [6.45, 7) is 3.33. The van der Waals surface area contributed by atoms with Crippen molar-refractivity contribution in [1.29, 1.82) is 0 Å². The van der Waals surface area contributed by atoms with Gasteiger partial charge in [-0.3, -0.25) is 9.59 Å². The highest BCUT2D eigenvalue weighted by atomic mass is 16.2. The van der Waals surface area contributed by atoms with E-state index in [1.54, 1.807) is 0 Å². The number of hydrogen-bond acceptors (Lipinski definition) is 3. The van der Waals surface area contributed by atoms with Gasteiger partial charge in [0.05, 0.1) is 5.92 Å². The highest BCUT2D eigenvalue weighted by Gasteiger charge is 2.37. The van der Waals surface area contributed by atoms with Crippen LogP contribution in [0.25, 0.3) is 0 Å². The maximum absolute atomic E-state index is 12.2. The van der Waals surface area contributed by atoms with E-state index in [0.717, 1.165) is 26.1 Å². The molecule has 3 aliphatic rings. The first-order valence-electron chi connectivity index (χ1n) is 6.53. The van der Waals surface area contributed by atoms with Gasteiger partial charge in [0.25, 0.3) is 0 Å². The number of carbonyl (C=O) groups is 2. The Bertz CT molecular complexity index is 345. The second-order valence-corrected chi connectivity index (χ2v) is 5.39. The van der Waals surface area contributed by atoms with Crippen LogP contribution in [0.4, 0.5) is 0 Å². The number of rotatable bonds is 1. The molecule has 2 N–H and O–H groups in total. The standard InChI is InChI=1S/C12H19N3O2/c16-11-5-9(6-14-11)12(17)15-4-2-10-8(7-15)1-3-13-10/h8-10,13H,1-7H2,(H,14,16). The molecular formula is C12H19N3O2. The molecule has 0 radical (unpaired) electrons. The minimum absolute atomic E-state index is 0.0146. The number of amides is 2. The third-order valence-corrected chi connectivity index (χ3v) is 4.29. The smallest absolute Gasteiger partial charge is 0.227 e. The first-order chi connectivity index (χ1) is 8.24. The fraction of sp³-hybridized carbons (Fsp3) is 0.833.